The van der Waals surface area contributed by atoms with Gasteiger partial charge in [0.2, 0.25) is 0 Å². The fourth-order valence-corrected chi connectivity index (χ4v) is 4.99. The van der Waals surface area contributed by atoms with Crippen LogP contribution < -0.4 is 5.56 Å². The van der Waals surface area contributed by atoms with Gasteiger partial charge in [0.15, 0.2) is 21.5 Å². The number of likely N-dealkylation sites (N-methyl/N-ethyl adjacent to an activating group) is 1. The number of sulfone groups is 1. The van der Waals surface area contributed by atoms with E-state index in [-0.39, 0.29) is 34.6 Å². The highest BCUT2D eigenvalue weighted by Crippen LogP contribution is 2.34. The minimum absolute atomic E-state index is 0.0238. The van der Waals surface area contributed by atoms with Crippen LogP contribution in [0.2, 0.25) is 0 Å². The molecule has 8 nitrogen and oxygen atoms in total. The largest absolute Gasteiger partial charge is 0.373 e. The van der Waals surface area contributed by atoms with E-state index in [2.05, 4.69) is 9.97 Å². The Hall–Kier alpha value is -3.57. The summed E-state index contributed by atoms with van der Waals surface area (Å²) >= 11 is 0. The number of carbonyl (C=O) groups is 1. The Labute approximate surface area is 192 Å². The first-order valence-electron chi connectivity index (χ1n) is 10.3. The third-order valence-electron chi connectivity index (χ3n) is 6.08. The average Bonchev–Trinajstić information content (AvgIpc) is 3.22. The summed E-state index contributed by atoms with van der Waals surface area (Å²) in [6.45, 7) is 0.131. The van der Waals surface area contributed by atoms with Crippen LogP contribution in [0.3, 0.4) is 0 Å². The second-order valence-corrected chi connectivity index (χ2v) is 10.3. The second kappa shape index (κ2) is 7.74. The monoisotopic (exact) mass is 487 g/mol. The zero-order chi connectivity index (χ0) is 24.4. The molecule has 1 aliphatic rings. The molecule has 11 heteroatoms. The molecular weight excluding hydrogens is 468 g/mol. The first-order valence-corrected chi connectivity index (χ1v) is 12.2. The van der Waals surface area contributed by atoms with Gasteiger partial charge in [-0.05, 0) is 41.8 Å². The highest BCUT2D eigenvalue weighted by Gasteiger charge is 2.32. The highest BCUT2D eigenvalue weighted by atomic mass is 32.2. The number of nitrogens with one attached hydrogen (secondary N) is 2. The summed E-state index contributed by atoms with van der Waals surface area (Å²) in [5.74, 6) is -2.67. The van der Waals surface area contributed by atoms with Crippen molar-refractivity contribution in [1.82, 2.24) is 14.9 Å². The van der Waals surface area contributed by atoms with E-state index in [9.17, 15) is 26.8 Å². The van der Waals surface area contributed by atoms with E-state index in [1.165, 1.54) is 24.1 Å². The Morgan fingerprint density at radius 1 is 1.09 bits per heavy atom. The molecule has 0 radical (unpaired) electrons. The van der Waals surface area contributed by atoms with Crippen LogP contribution in [0.15, 0.2) is 46.1 Å². The van der Waals surface area contributed by atoms with Crippen LogP contribution in [0.25, 0.3) is 21.7 Å². The van der Waals surface area contributed by atoms with Gasteiger partial charge in [-0.1, -0.05) is 0 Å². The number of benzene rings is 2. The Kier molecular flexibility index (Phi) is 5.06. The van der Waals surface area contributed by atoms with Gasteiger partial charge >= 0.3 is 0 Å². The lowest BCUT2D eigenvalue weighted by Crippen LogP contribution is -2.37. The van der Waals surface area contributed by atoms with E-state index in [1.54, 1.807) is 12.1 Å². The number of fused-ring (bicyclic) bond motifs is 4. The lowest BCUT2D eigenvalue weighted by atomic mass is 9.95. The predicted octanol–water partition coefficient (Wildman–Crippen LogP) is 3.03. The summed E-state index contributed by atoms with van der Waals surface area (Å²) in [6.07, 6.45) is 1.10. The molecule has 1 aliphatic heterocycles. The molecule has 3 heterocycles. The molecule has 2 aromatic carbocycles. The van der Waals surface area contributed by atoms with E-state index >= 15 is 0 Å². The van der Waals surface area contributed by atoms with Gasteiger partial charge in [0.05, 0.1) is 29.5 Å². The molecule has 5 rings (SSSR count). The van der Waals surface area contributed by atoms with Crippen LogP contribution in [0, 0.1) is 11.6 Å². The Balaban J connectivity index is 1.58. The second-order valence-electron chi connectivity index (χ2n) is 8.31. The van der Waals surface area contributed by atoms with Crippen molar-refractivity contribution in [2.75, 3.05) is 19.9 Å². The zero-order valence-corrected chi connectivity index (χ0v) is 18.9. The molecular formula is C23H19F2N3O5S. The molecule has 1 atom stereocenters. The molecule has 2 N–H and O–H groups in total. The molecule has 0 fully saturated rings. The van der Waals surface area contributed by atoms with Crippen LogP contribution in [-0.2, 0) is 21.2 Å². The van der Waals surface area contributed by atoms with Gasteiger partial charge in [-0.3, -0.25) is 9.59 Å². The quantitative estimate of drug-likeness (QED) is 0.461. The molecule has 0 spiro atoms. The van der Waals surface area contributed by atoms with Gasteiger partial charge in [0, 0.05) is 35.5 Å². The van der Waals surface area contributed by atoms with Crippen molar-refractivity contribution >= 4 is 37.4 Å². The van der Waals surface area contributed by atoms with Crippen LogP contribution >= 0.6 is 0 Å². The summed E-state index contributed by atoms with van der Waals surface area (Å²) < 4.78 is 57.2. The van der Waals surface area contributed by atoms with Crippen molar-refractivity contribution in [1.29, 1.82) is 0 Å². The molecule has 0 unspecified atom stereocenters. The number of aromatic amines is 2. The van der Waals surface area contributed by atoms with Gasteiger partial charge < -0.3 is 19.6 Å². The number of H-pyrrole nitrogens is 2. The Morgan fingerprint density at radius 3 is 2.50 bits per heavy atom. The minimum Gasteiger partial charge on any atom is -0.373 e. The third kappa shape index (κ3) is 3.57. The smallest absolute Gasteiger partial charge is 0.270 e. The molecule has 0 aliphatic carbocycles. The molecule has 0 saturated carbocycles. The van der Waals surface area contributed by atoms with Gasteiger partial charge in [-0.2, -0.15) is 0 Å². The number of hydrogen-bond acceptors (Lipinski definition) is 5. The van der Waals surface area contributed by atoms with E-state index in [1.807, 2.05) is 0 Å². The molecule has 0 saturated heterocycles. The van der Waals surface area contributed by atoms with Crippen LogP contribution in [0.4, 0.5) is 8.78 Å². The van der Waals surface area contributed by atoms with Crippen molar-refractivity contribution in [3.05, 3.63) is 75.3 Å². The zero-order valence-electron chi connectivity index (χ0n) is 18.1. The summed E-state index contributed by atoms with van der Waals surface area (Å²) in [6, 6.07) is 7.17. The first kappa shape index (κ1) is 22.2. The topological polar surface area (TPSA) is 112 Å². The molecule has 4 aromatic rings. The number of pyridine rings is 1. The summed E-state index contributed by atoms with van der Waals surface area (Å²) in [5.41, 5.74) is 1.07. The molecule has 1 amide bonds. The van der Waals surface area contributed by atoms with Crippen molar-refractivity contribution in [3.63, 3.8) is 0 Å². The summed E-state index contributed by atoms with van der Waals surface area (Å²) in [5, 5.41) is 0.733. The molecule has 176 valence electrons. The summed E-state index contributed by atoms with van der Waals surface area (Å²) in [4.78, 5) is 32.9. The molecule has 34 heavy (non-hydrogen) atoms. The molecule has 0 bridgehead atoms. The lowest BCUT2D eigenvalue weighted by Gasteiger charge is -2.33. The van der Waals surface area contributed by atoms with Crippen LogP contribution in [0.1, 0.15) is 27.8 Å². The maximum Gasteiger partial charge on any atom is 0.270 e. The van der Waals surface area contributed by atoms with E-state index in [0.29, 0.717) is 22.2 Å². The third-order valence-corrected chi connectivity index (χ3v) is 7.19. The van der Waals surface area contributed by atoms with Crippen molar-refractivity contribution in [3.8, 4) is 0 Å². The summed E-state index contributed by atoms with van der Waals surface area (Å²) in [7, 11) is -1.88. The standard InChI is InChI=1S/C23H19F2N3O5S/c1-28(23(30)18-6-11-5-12(34(2,31)32)3-4-17(11)26-18)20-10-33-9-19-21(20)13-7-15(24)16(25)8-14(13)22(29)27-19/h3-8,20,26H,9-10H2,1-2H3,(H,27,29)/t20-/m0/s1. The number of carbonyl (C=O) groups excluding carboxylic acids is 1. The van der Waals surface area contributed by atoms with Gasteiger partial charge in [-0.25, -0.2) is 17.2 Å². The number of aromatic nitrogens is 2. The van der Waals surface area contributed by atoms with E-state index < -0.39 is 39.0 Å². The normalized spacial score (nSPS) is 16.1. The fraction of sp³-hybridized carbons (Fsp3) is 0.217. The Morgan fingerprint density at radius 2 is 1.79 bits per heavy atom. The van der Waals surface area contributed by atoms with Gasteiger partial charge in [0.25, 0.3) is 11.5 Å². The maximum atomic E-state index is 14.1. The average molecular weight is 487 g/mol. The number of ether oxygens (including phenoxy) is 1. The van der Waals surface area contributed by atoms with Crippen molar-refractivity contribution in [2.24, 2.45) is 0 Å². The van der Waals surface area contributed by atoms with Crippen LogP contribution in [0.5, 0.6) is 0 Å². The molecule has 2 aromatic heterocycles. The fourth-order valence-electron chi connectivity index (χ4n) is 4.34. The number of halogens is 2. The number of amides is 1. The number of nitrogens with zero attached hydrogens (tertiary/aromatic N) is 1. The van der Waals surface area contributed by atoms with Gasteiger partial charge in [0.1, 0.15) is 5.69 Å². The lowest BCUT2D eigenvalue weighted by molar-refractivity contribution is 0.0333. The number of hydrogen-bond donors (Lipinski definition) is 2. The SMILES string of the molecule is CN(C(=O)c1cc2cc(S(C)(=O)=O)ccc2[nH]1)[C@H]1COCc2[nH]c(=O)c3cc(F)c(F)cc3c21. The first-order chi connectivity index (χ1) is 16.0. The minimum atomic E-state index is -3.42. The highest BCUT2D eigenvalue weighted by molar-refractivity contribution is 7.90. The van der Waals surface area contributed by atoms with Crippen molar-refractivity contribution < 1.29 is 26.7 Å². The predicted molar refractivity (Wildman–Crippen MR) is 120 cm³/mol. The van der Waals surface area contributed by atoms with Gasteiger partial charge in [-0.15, -0.1) is 0 Å². The van der Waals surface area contributed by atoms with Crippen molar-refractivity contribution in [2.45, 2.75) is 17.5 Å². The van der Waals surface area contributed by atoms with E-state index in [4.69, 9.17) is 4.74 Å². The van der Waals surface area contributed by atoms with Crippen LogP contribution in [-0.4, -0.2) is 49.1 Å². The van der Waals surface area contributed by atoms with E-state index in [0.717, 1.165) is 18.4 Å². The maximum absolute atomic E-state index is 14.1. The Bertz CT molecular complexity index is 1660. The number of rotatable bonds is 3.